The van der Waals surface area contributed by atoms with Crippen molar-refractivity contribution in [3.63, 3.8) is 0 Å². The van der Waals surface area contributed by atoms with Gasteiger partial charge in [0.15, 0.2) is 0 Å². The van der Waals surface area contributed by atoms with Crippen molar-refractivity contribution in [2.24, 2.45) is 29.2 Å². The molecule has 2 aliphatic rings. The van der Waals surface area contributed by atoms with Crippen LogP contribution in [0.15, 0.2) is 0 Å². The summed E-state index contributed by atoms with van der Waals surface area (Å²) >= 11 is 1.37. The topological polar surface area (TPSA) is 371 Å². The molecule has 70 heavy (non-hydrogen) atoms. The number of hydrogen-bond acceptors (Lipinski definition) is 14. The first-order valence-corrected chi connectivity index (χ1v) is 25.3. The molecule has 2 saturated heterocycles. The Morgan fingerprint density at radius 3 is 1.70 bits per heavy atom. The van der Waals surface area contributed by atoms with Crippen LogP contribution in [0.25, 0.3) is 0 Å². The SMILES string of the molecule is CSCC[C@H](NC(=O)[C@H](CC(C)C)NC(=O)[C@@H]1CCCN1C(=O)[C@@H]1CCCN1C(=O)CNC(=O)[C@@H](N)CCC(N)=O)C(=O)N[C@@H](CO)C(=O)N[C@@H](CC(C)C)C(=O)N[C@@H](C)C(=O)N[C@H](C(=O)O)C(C)C. The van der Waals surface area contributed by atoms with Gasteiger partial charge in [-0.15, -0.1) is 0 Å². The van der Waals surface area contributed by atoms with Crippen LogP contribution >= 0.6 is 11.8 Å². The molecular weight excluding hydrogens is 935 g/mol. The van der Waals surface area contributed by atoms with Gasteiger partial charge in [-0.25, -0.2) is 4.79 Å². The lowest BCUT2D eigenvalue weighted by Gasteiger charge is -2.32. The summed E-state index contributed by atoms with van der Waals surface area (Å²) in [6, 6.07) is -10.6. The number of carbonyl (C=O) groups excluding carboxylic acids is 10. The Balaban J connectivity index is 2.18. The van der Waals surface area contributed by atoms with E-state index in [0.29, 0.717) is 25.0 Å². The maximum Gasteiger partial charge on any atom is 0.326 e. The second-order valence-electron chi connectivity index (χ2n) is 19.0. The van der Waals surface area contributed by atoms with Crippen molar-refractivity contribution < 1.29 is 63.0 Å². The molecule has 2 rings (SSSR count). The van der Waals surface area contributed by atoms with E-state index in [9.17, 15) is 63.0 Å². The maximum absolute atomic E-state index is 14.0. The summed E-state index contributed by atoms with van der Waals surface area (Å²) < 4.78 is 0. The van der Waals surface area contributed by atoms with E-state index in [2.05, 4.69) is 37.2 Å². The van der Waals surface area contributed by atoms with Gasteiger partial charge in [0.1, 0.15) is 48.3 Å². The number of primary amides is 1. The van der Waals surface area contributed by atoms with Crippen molar-refractivity contribution in [1.29, 1.82) is 0 Å². The lowest BCUT2D eigenvalue weighted by atomic mass is 10.0. The molecule has 2 fully saturated rings. The molecule has 10 amide bonds. The molecule has 2 heterocycles. The number of carboxylic acid groups (broad SMARTS) is 1. The number of aliphatic hydroxyl groups is 1. The number of thioether (sulfide) groups is 1. The Morgan fingerprint density at radius 1 is 0.643 bits per heavy atom. The van der Waals surface area contributed by atoms with Crippen molar-refractivity contribution in [3.05, 3.63) is 0 Å². The Labute approximate surface area is 413 Å². The van der Waals surface area contributed by atoms with Gasteiger partial charge in [0.25, 0.3) is 0 Å². The fourth-order valence-corrected chi connectivity index (χ4v) is 8.47. The summed E-state index contributed by atoms with van der Waals surface area (Å²) in [5.41, 5.74) is 10.9. The molecule has 0 aromatic rings. The monoisotopic (exact) mass is 1010 g/mol. The number of amides is 10. The van der Waals surface area contributed by atoms with Gasteiger partial charge >= 0.3 is 5.97 Å². The Morgan fingerprint density at radius 2 is 1.16 bits per heavy atom. The number of hydrogen-bond donors (Lipinski definition) is 11. The van der Waals surface area contributed by atoms with Crippen LogP contribution in [-0.4, -0.2) is 178 Å². The molecule has 0 spiro atoms. The van der Waals surface area contributed by atoms with Gasteiger partial charge in [-0.05, 0) is 88.1 Å². The number of aliphatic hydroxyl groups excluding tert-OH is 1. The predicted octanol–water partition coefficient (Wildman–Crippen LogP) is -2.82. The molecule has 24 nitrogen and oxygen atoms in total. The van der Waals surface area contributed by atoms with Gasteiger partial charge in [0, 0.05) is 19.5 Å². The third-order valence-corrected chi connectivity index (χ3v) is 12.5. The molecule has 9 atom stereocenters. The van der Waals surface area contributed by atoms with Crippen LogP contribution in [0.4, 0.5) is 0 Å². The lowest BCUT2D eigenvalue weighted by Crippen LogP contribution is -2.60. The highest BCUT2D eigenvalue weighted by molar-refractivity contribution is 7.98. The Kier molecular flexibility index (Phi) is 25.6. The van der Waals surface area contributed by atoms with E-state index < -0.39 is 138 Å². The number of carbonyl (C=O) groups is 11. The quantitative estimate of drug-likeness (QED) is 0.0360. The zero-order valence-electron chi connectivity index (χ0n) is 41.7. The van der Waals surface area contributed by atoms with Crippen LogP contribution in [0.2, 0.25) is 0 Å². The number of nitrogens with one attached hydrogen (secondary N) is 7. The van der Waals surface area contributed by atoms with E-state index in [1.165, 1.54) is 28.5 Å². The first kappa shape index (κ1) is 60.6. The van der Waals surface area contributed by atoms with Gasteiger partial charge in [-0.3, -0.25) is 47.9 Å². The van der Waals surface area contributed by atoms with E-state index >= 15 is 0 Å². The van der Waals surface area contributed by atoms with Crippen LogP contribution < -0.4 is 48.7 Å². The fourth-order valence-electron chi connectivity index (χ4n) is 8.00. The zero-order chi connectivity index (χ0) is 53.0. The third kappa shape index (κ3) is 19.3. The normalized spacial score (nSPS) is 18.7. The van der Waals surface area contributed by atoms with Crippen LogP contribution in [-0.2, 0) is 52.7 Å². The summed E-state index contributed by atoms with van der Waals surface area (Å²) in [7, 11) is 0. The average Bonchev–Trinajstić information content (AvgIpc) is 3.99. The molecule has 25 heteroatoms. The van der Waals surface area contributed by atoms with E-state index in [0.717, 1.165) is 0 Å². The molecule has 2 aliphatic heterocycles. The molecule has 0 aromatic heterocycles. The molecular formula is C45H77N11O13S. The van der Waals surface area contributed by atoms with Gasteiger partial charge in [0.05, 0.1) is 19.2 Å². The van der Waals surface area contributed by atoms with Crippen molar-refractivity contribution in [2.45, 2.75) is 161 Å². The molecule has 13 N–H and O–H groups in total. The van der Waals surface area contributed by atoms with Crippen molar-refractivity contribution >= 4 is 76.8 Å². The maximum atomic E-state index is 14.0. The molecule has 0 bridgehead atoms. The van der Waals surface area contributed by atoms with Gasteiger partial charge < -0.3 is 68.7 Å². The largest absolute Gasteiger partial charge is 0.480 e. The smallest absolute Gasteiger partial charge is 0.326 e. The first-order valence-electron chi connectivity index (χ1n) is 23.9. The number of rotatable bonds is 29. The van der Waals surface area contributed by atoms with Crippen LogP contribution in [0.5, 0.6) is 0 Å². The number of likely N-dealkylation sites (tertiary alicyclic amines) is 2. The molecule has 0 aliphatic carbocycles. The molecule has 0 unspecified atom stereocenters. The van der Waals surface area contributed by atoms with E-state index in [1.54, 1.807) is 34.0 Å². The highest BCUT2D eigenvalue weighted by Gasteiger charge is 2.43. The zero-order valence-corrected chi connectivity index (χ0v) is 42.5. The van der Waals surface area contributed by atoms with Crippen LogP contribution in [0, 0.1) is 17.8 Å². The van der Waals surface area contributed by atoms with E-state index in [1.807, 2.05) is 13.8 Å². The highest BCUT2D eigenvalue weighted by atomic mass is 32.2. The summed E-state index contributed by atoms with van der Waals surface area (Å²) in [6.07, 6.45) is 3.52. The minimum atomic E-state index is -1.59. The van der Waals surface area contributed by atoms with Gasteiger partial charge in [-0.2, -0.15) is 11.8 Å². The first-order chi connectivity index (χ1) is 32.8. The van der Waals surface area contributed by atoms with Gasteiger partial charge in [-0.1, -0.05) is 41.5 Å². The molecule has 0 saturated carbocycles. The van der Waals surface area contributed by atoms with Crippen LogP contribution in [0.1, 0.15) is 106 Å². The highest BCUT2D eigenvalue weighted by Crippen LogP contribution is 2.25. The number of nitrogens with zero attached hydrogens (tertiary/aromatic N) is 2. The Bertz CT molecular complexity index is 1870. The minimum absolute atomic E-state index is 0.00665. The summed E-state index contributed by atoms with van der Waals surface area (Å²) in [5, 5.41) is 37.5. The van der Waals surface area contributed by atoms with Crippen molar-refractivity contribution in [2.75, 3.05) is 38.2 Å². The molecule has 396 valence electrons. The van der Waals surface area contributed by atoms with E-state index in [4.69, 9.17) is 11.5 Å². The third-order valence-electron chi connectivity index (χ3n) is 11.9. The van der Waals surface area contributed by atoms with E-state index in [-0.39, 0.29) is 63.5 Å². The Hall–Kier alpha value is -5.56. The number of nitrogens with two attached hydrogens (primary N) is 2. The number of aliphatic carboxylic acids is 1. The molecule has 0 radical (unpaired) electrons. The fraction of sp³-hybridized carbons (Fsp3) is 0.756. The second kappa shape index (κ2) is 29.6. The second-order valence-corrected chi connectivity index (χ2v) is 20.0. The lowest BCUT2D eigenvalue weighted by molar-refractivity contribution is -0.147. The van der Waals surface area contributed by atoms with Gasteiger partial charge in [0.2, 0.25) is 59.1 Å². The molecule has 0 aromatic carbocycles. The minimum Gasteiger partial charge on any atom is -0.480 e. The summed E-state index contributed by atoms with van der Waals surface area (Å²) in [4.78, 5) is 147. The van der Waals surface area contributed by atoms with Crippen molar-refractivity contribution in [3.8, 4) is 0 Å². The summed E-state index contributed by atoms with van der Waals surface area (Å²) in [5.74, 6) is -8.54. The van der Waals surface area contributed by atoms with Crippen LogP contribution in [0.3, 0.4) is 0 Å². The van der Waals surface area contributed by atoms with Crippen molar-refractivity contribution in [1.82, 2.24) is 47.0 Å². The number of carboxylic acids is 1. The summed E-state index contributed by atoms with van der Waals surface area (Å²) in [6.45, 7) is 10.9. The predicted molar refractivity (Wildman–Crippen MR) is 258 cm³/mol. The standard InChI is InChI=1S/C45H77N11O13S/c1-23(2)19-29(40(63)49-26(7)37(60)54-36(25(5)6)45(68)69)51-42(65)31(22-57)53-39(62)28(15-18-70-8)50-41(64)30(20-24(3)4)52-43(66)32-11-9-17-56(32)44(67)33-12-10-16-55(33)35(59)21-48-38(61)27(46)13-14-34(47)58/h23-33,36,57H,9-22,46H2,1-8H3,(H2,47,58)(H,48,61)(H,49,63)(H,50,64)(H,51,65)(H,52,66)(H,53,62)(H,54,60)(H,68,69)/t26-,27-,28-,29-,30-,31-,32-,33-,36-/m0/s1. The average molecular weight is 1010 g/mol.